The minimum absolute atomic E-state index is 0.0269. The zero-order valence-corrected chi connectivity index (χ0v) is 13.8. The maximum absolute atomic E-state index is 12.3. The summed E-state index contributed by atoms with van der Waals surface area (Å²) in [6.07, 6.45) is -0.0269. The molecule has 0 atom stereocenters. The fourth-order valence-corrected chi connectivity index (χ4v) is 3.88. The highest BCUT2D eigenvalue weighted by Gasteiger charge is 2.20. The number of rotatable bonds is 6. The van der Waals surface area contributed by atoms with Gasteiger partial charge in [-0.05, 0) is 19.1 Å². The lowest BCUT2D eigenvalue weighted by atomic mass is 10.2. The van der Waals surface area contributed by atoms with Gasteiger partial charge in [0.05, 0.1) is 24.3 Å². The number of hydrogen-bond acceptors (Lipinski definition) is 7. The first-order valence-corrected chi connectivity index (χ1v) is 8.94. The number of aromatic nitrogens is 1. The molecule has 0 aliphatic rings. The molecule has 1 aromatic carbocycles. The number of esters is 1. The minimum atomic E-state index is -3.92. The molecule has 2 aromatic rings. The molecule has 0 unspecified atom stereocenters. The molecule has 0 fully saturated rings. The second-order valence-corrected chi connectivity index (χ2v) is 6.85. The van der Waals surface area contributed by atoms with E-state index in [1.54, 1.807) is 18.4 Å². The predicted molar refractivity (Wildman–Crippen MR) is 84.4 cm³/mol. The Kier molecular flexibility index (Phi) is 5.31. The molecule has 9 heteroatoms. The Morgan fingerprint density at radius 1 is 1.43 bits per heavy atom. The molecule has 1 heterocycles. The van der Waals surface area contributed by atoms with Crippen LogP contribution in [0.3, 0.4) is 0 Å². The van der Waals surface area contributed by atoms with Gasteiger partial charge in [0.15, 0.2) is 5.13 Å². The molecule has 0 spiro atoms. The first-order chi connectivity index (χ1) is 11.0. The van der Waals surface area contributed by atoms with Gasteiger partial charge in [0.25, 0.3) is 10.0 Å². The third kappa shape index (κ3) is 4.28. The van der Waals surface area contributed by atoms with Gasteiger partial charge in [-0.1, -0.05) is 12.1 Å². The van der Waals surface area contributed by atoms with Crippen molar-refractivity contribution in [2.75, 3.05) is 11.3 Å². The molecule has 0 amide bonds. The number of nitriles is 1. The Hall–Kier alpha value is -2.44. The van der Waals surface area contributed by atoms with Crippen LogP contribution in [-0.4, -0.2) is 26.0 Å². The Balaban J connectivity index is 2.17. The first kappa shape index (κ1) is 16.9. The zero-order valence-electron chi connectivity index (χ0n) is 12.1. The second kappa shape index (κ2) is 7.21. The van der Waals surface area contributed by atoms with Crippen molar-refractivity contribution < 1.29 is 17.9 Å². The molecule has 0 aliphatic heterocycles. The molecule has 1 N–H and O–H groups in total. The van der Waals surface area contributed by atoms with Gasteiger partial charge in [-0.15, -0.1) is 11.3 Å². The lowest BCUT2D eigenvalue weighted by Gasteiger charge is -2.06. The highest BCUT2D eigenvalue weighted by Crippen LogP contribution is 2.22. The topological polar surface area (TPSA) is 109 Å². The molecule has 1 aromatic heterocycles. The summed E-state index contributed by atoms with van der Waals surface area (Å²) in [6.45, 7) is 1.97. The number of ether oxygens (including phenoxy) is 1. The van der Waals surface area contributed by atoms with Gasteiger partial charge in [-0.25, -0.2) is 13.4 Å². The van der Waals surface area contributed by atoms with Crippen molar-refractivity contribution in [3.8, 4) is 6.07 Å². The molecule has 0 bridgehead atoms. The molecule has 2 rings (SSSR count). The Morgan fingerprint density at radius 2 is 2.17 bits per heavy atom. The van der Waals surface area contributed by atoms with Crippen LogP contribution in [0.1, 0.15) is 18.2 Å². The standard InChI is InChI=1S/C14H13N3O4S2/c1-2-21-13(18)7-11-9-22-14(16-11)17-23(19,20)12-6-4-3-5-10(12)8-15/h3-6,9H,2,7H2,1H3,(H,16,17). The van der Waals surface area contributed by atoms with Crippen molar-refractivity contribution >= 4 is 32.5 Å². The zero-order chi connectivity index (χ0) is 16.9. The fraction of sp³-hybridized carbons (Fsp3) is 0.214. The quantitative estimate of drug-likeness (QED) is 0.796. The number of nitrogens with zero attached hydrogens (tertiary/aromatic N) is 2. The van der Waals surface area contributed by atoms with E-state index in [1.165, 1.54) is 18.2 Å². The lowest BCUT2D eigenvalue weighted by molar-refractivity contribution is -0.142. The van der Waals surface area contributed by atoms with E-state index < -0.39 is 16.0 Å². The van der Waals surface area contributed by atoms with E-state index in [4.69, 9.17) is 10.00 Å². The van der Waals surface area contributed by atoms with E-state index in [1.807, 2.05) is 6.07 Å². The van der Waals surface area contributed by atoms with Gasteiger partial charge in [-0.2, -0.15) is 5.26 Å². The summed E-state index contributed by atoms with van der Waals surface area (Å²) in [6, 6.07) is 7.71. The Bertz CT molecular complexity index is 853. The molecule has 0 saturated carbocycles. The van der Waals surface area contributed by atoms with Gasteiger partial charge in [0.2, 0.25) is 0 Å². The molecular weight excluding hydrogens is 338 g/mol. The van der Waals surface area contributed by atoms with Crippen molar-refractivity contribution in [3.63, 3.8) is 0 Å². The number of thiazole rings is 1. The van der Waals surface area contributed by atoms with Crippen molar-refractivity contribution in [1.82, 2.24) is 4.98 Å². The number of anilines is 1. The van der Waals surface area contributed by atoms with Gasteiger partial charge in [-0.3, -0.25) is 9.52 Å². The summed E-state index contributed by atoms with van der Waals surface area (Å²) in [7, 11) is -3.92. The number of benzene rings is 1. The monoisotopic (exact) mass is 351 g/mol. The third-order valence-electron chi connectivity index (χ3n) is 2.70. The molecular formula is C14H13N3O4S2. The average Bonchev–Trinajstić information content (AvgIpc) is 2.93. The van der Waals surface area contributed by atoms with E-state index in [2.05, 4.69) is 9.71 Å². The number of sulfonamides is 1. The van der Waals surface area contributed by atoms with Crippen LogP contribution in [-0.2, 0) is 26.0 Å². The summed E-state index contributed by atoms with van der Waals surface area (Å²) in [4.78, 5) is 15.3. The summed E-state index contributed by atoms with van der Waals surface area (Å²) in [5.74, 6) is -0.429. The van der Waals surface area contributed by atoms with E-state index in [0.29, 0.717) is 5.69 Å². The largest absolute Gasteiger partial charge is 0.466 e. The van der Waals surface area contributed by atoms with Gasteiger partial charge in [0, 0.05) is 5.38 Å². The van der Waals surface area contributed by atoms with Crippen molar-refractivity contribution in [2.45, 2.75) is 18.2 Å². The SMILES string of the molecule is CCOC(=O)Cc1csc(NS(=O)(=O)c2ccccc2C#N)n1. The van der Waals surface area contributed by atoms with Crippen LogP contribution in [0.5, 0.6) is 0 Å². The summed E-state index contributed by atoms with van der Waals surface area (Å²) < 4.78 is 31.8. The summed E-state index contributed by atoms with van der Waals surface area (Å²) in [5, 5.41) is 10.7. The normalized spacial score (nSPS) is 10.8. The van der Waals surface area contributed by atoms with Crippen LogP contribution in [0.2, 0.25) is 0 Å². The third-order valence-corrected chi connectivity index (χ3v) is 5.03. The molecule has 0 saturated heterocycles. The highest BCUT2D eigenvalue weighted by molar-refractivity contribution is 7.93. The van der Waals surface area contributed by atoms with E-state index >= 15 is 0 Å². The maximum atomic E-state index is 12.3. The summed E-state index contributed by atoms with van der Waals surface area (Å²) in [5.41, 5.74) is 0.461. The molecule has 0 aliphatic carbocycles. The van der Waals surface area contributed by atoms with E-state index in [0.717, 1.165) is 11.3 Å². The summed E-state index contributed by atoms with van der Waals surface area (Å²) >= 11 is 1.05. The molecule has 120 valence electrons. The van der Waals surface area contributed by atoms with Crippen molar-refractivity contribution in [2.24, 2.45) is 0 Å². The molecule has 7 nitrogen and oxygen atoms in total. The van der Waals surface area contributed by atoms with Crippen LogP contribution in [0.25, 0.3) is 0 Å². The Morgan fingerprint density at radius 3 is 2.87 bits per heavy atom. The van der Waals surface area contributed by atoms with Crippen molar-refractivity contribution in [1.29, 1.82) is 5.26 Å². The van der Waals surface area contributed by atoms with E-state index in [9.17, 15) is 13.2 Å². The van der Waals surface area contributed by atoms with Gasteiger partial charge >= 0.3 is 5.97 Å². The lowest BCUT2D eigenvalue weighted by Crippen LogP contribution is -2.14. The van der Waals surface area contributed by atoms with Gasteiger partial charge in [0.1, 0.15) is 11.0 Å². The number of hydrogen-bond donors (Lipinski definition) is 1. The highest BCUT2D eigenvalue weighted by atomic mass is 32.2. The average molecular weight is 351 g/mol. The number of nitrogens with one attached hydrogen (secondary N) is 1. The first-order valence-electron chi connectivity index (χ1n) is 6.58. The minimum Gasteiger partial charge on any atom is -0.466 e. The van der Waals surface area contributed by atoms with Crippen LogP contribution < -0.4 is 4.72 Å². The fourth-order valence-electron chi connectivity index (χ4n) is 1.76. The van der Waals surface area contributed by atoms with Crippen LogP contribution in [0.4, 0.5) is 5.13 Å². The molecule has 23 heavy (non-hydrogen) atoms. The number of carbonyl (C=O) groups excluding carboxylic acids is 1. The van der Waals surface area contributed by atoms with Crippen LogP contribution in [0.15, 0.2) is 34.5 Å². The van der Waals surface area contributed by atoms with Crippen LogP contribution in [0, 0.1) is 11.3 Å². The van der Waals surface area contributed by atoms with Crippen molar-refractivity contribution in [3.05, 3.63) is 40.9 Å². The number of carbonyl (C=O) groups is 1. The van der Waals surface area contributed by atoms with Crippen LogP contribution >= 0.6 is 11.3 Å². The smallest absolute Gasteiger partial charge is 0.311 e. The van der Waals surface area contributed by atoms with Gasteiger partial charge < -0.3 is 4.74 Å². The maximum Gasteiger partial charge on any atom is 0.311 e. The second-order valence-electron chi connectivity index (χ2n) is 4.34. The predicted octanol–water partition coefficient (Wildman–Crippen LogP) is 1.92. The molecule has 0 radical (unpaired) electrons. The Labute approximate surface area is 137 Å². The van der Waals surface area contributed by atoms with E-state index in [-0.39, 0.29) is 28.6 Å².